The molecule has 172 valence electrons. The molecule has 1 saturated carbocycles. The van der Waals surface area contributed by atoms with Gasteiger partial charge in [-0.25, -0.2) is 4.39 Å². The fourth-order valence-electron chi connectivity index (χ4n) is 4.03. The SMILES string of the molecule is O=C(CSc1nnc(-c2ccc(F)cc2)n1Cc1ccccc1)NC(c1ccccc1)C1CC1. The van der Waals surface area contributed by atoms with Crippen LogP contribution in [-0.4, -0.2) is 26.4 Å². The Morgan fingerprint density at radius 2 is 1.65 bits per heavy atom. The molecule has 1 N–H and O–H groups in total. The summed E-state index contributed by atoms with van der Waals surface area (Å²) in [5, 5.41) is 12.6. The number of amides is 1. The van der Waals surface area contributed by atoms with Crippen LogP contribution in [0.1, 0.15) is 30.0 Å². The number of halogens is 1. The second-order valence-corrected chi connectivity index (χ2v) is 9.41. The van der Waals surface area contributed by atoms with Gasteiger partial charge >= 0.3 is 0 Å². The molecule has 1 unspecified atom stereocenters. The number of carbonyl (C=O) groups excluding carboxylic acids is 1. The van der Waals surface area contributed by atoms with Gasteiger partial charge in [0.2, 0.25) is 5.91 Å². The minimum Gasteiger partial charge on any atom is -0.348 e. The van der Waals surface area contributed by atoms with Gasteiger partial charge in [0, 0.05) is 5.56 Å². The highest BCUT2D eigenvalue weighted by atomic mass is 32.2. The molecular formula is C27H25FN4OS. The molecule has 1 amide bonds. The minimum atomic E-state index is -0.298. The van der Waals surface area contributed by atoms with E-state index in [1.54, 1.807) is 12.1 Å². The molecule has 4 aromatic rings. The summed E-state index contributed by atoms with van der Waals surface area (Å²) in [5.41, 5.74) is 3.02. The van der Waals surface area contributed by atoms with Gasteiger partial charge in [0.05, 0.1) is 18.3 Å². The number of hydrogen-bond donors (Lipinski definition) is 1. The first-order chi connectivity index (χ1) is 16.7. The molecule has 0 aliphatic heterocycles. The lowest BCUT2D eigenvalue weighted by Crippen LogP contribution is -2.31. The van der Waals surface area contributed by atoms with Crippen LogP contribution in [0, 0.1) is 11.7 Å². The summed E-state index contributed by atoms with van der Waals surface area (Å²) in [6.07, 6.45) is 2.28. The van der Waals surface area contributed by atoms with Crippen LogP contribution in [0.25, 0.3) is 11.4 Å². The molecule has 1 aliphatic carbocycles. The number of carbonyl (C=O) groups is 1. The fourth-order valence-corrected chi connectivity index (χ4v) is 4.77. The highest BCUT2D eigenvalue weighted by Crippen LogP contribution is 2.41. The van der Waals surface area contributed by atoms with E-state index in [4.69, 9.17) is 0 Å². The molecule has 0 radical (unpaired) electrons. The molecule has 1 aliphatic rings. The maximum absolute atomic E-state index is 13.5. The predicted octanol–water partition coefficient (Wildman–Crippen LogP) is 5.49. The Morgan fingerprint density at radius 3 is 2.32 bits per heavy atom. The van der Waals surface area contributed by atoms with E-state index >= 15 is 0 Å². The number of nitrogens with zero attached hydrogens (tertiary/aromatic N) is 3. The van der Waals surface area contributed by atoms with E-state index in [0.29, 0.717) is 23.4 Å². The van der Waals surface area contributed by atoms with Crippen molar-refractivity contribution in [2.24, 2.45) is 5.92 Å². The third kappa shape index (κ3) is 5.37. The molecule has 1 atom stereocenters. The first-order valence-corrected chi connectivity index (χ1v) is 12.4. The van der Waals surface area contributed by atoms with Crippen LogP contribution >= 0.6 is 11.8 Å². The normalized spacial score (nSPS) is 14.0. The first kappa shape index (κ1) is 22.3. The molecule has 5 rings (SSSR count). The number of benzene rings is 3. The maximum Gasteiger partial charge on any atom is 0.230 e. The number of nitrogens with one attached hydrogen (secondary N) is 1. The quantitative estimate of drug-likeness (QED) is 0.327. The van der Waals surface area contributed by atoms with Crippen molar-refractivity contribution in [2.45, 2.75) is 30.6 Å². The van der Waals surface area contributed by atoms with Gasteiger partial charge in [0.15, 0.2) is 11.0 Å². The van der Waals surface area contributed by atoms with E-state index in [0.717, 1.165) is 29.5 Å². The van der Waals surface area contributed by atoms with Crippen molar-refractivity contribution < 1.29 is 9.18 Å². The summed E-state index contributed by atoms with van der Waals surface area (Å²) in [6.45, 7) is 0.555. The molecule has 3 aromatic carbocycles. The summed E-state index contributed by atoms with van der Waals surface area (Å²) < 4.78 is 15.4. The minimum absolute atomic E-state index is 0.0247. The molecule has 34 heavy (non-hydrogen) atoms. The molecule has 1 aromatic heterocycles. The predicted molar refractivity (Wildman–Crippen MR) is 132 cm³/mol. The smallest absolute Gasteiger partial charge is 0.230 e. The largest absolute Gasteiger partial charge is 0.348 e. The van der Waals surface area contributed by atoms with E-state index in [1.165, 1.54) is 23.9 Å². The first-order valence-electron chi connectivity index (χ1n) is 11.4. The zero-order valence-corrected chi connectivity index (χ0v) is 19.4. The lowest BCUT2D eigenvalue weighted by atomic mass is 10.0. The third-order valence-electron chi connectivity index (χ3n) is 5.90. The summed E-state index contributed by atoms with van der Waals surface area (Å²) >= 11 is 1.37. The molecule has 0 spiro atoms. The van der Waals surface area contributed by atoms with Gasteiger partial charge in [0.25, 0.3) is 0 Å². The number of aromatic nitrogens is 3. The number of rotatable bonds is 9. The van der Waals surface area contributed by atoms with E-state index in [2.05, 4.69) is 27.6 Å². The van der Waals surface area contributed by atoms with E-state index in [9.17, 15) is 9.18 Å². The average Bonchev–Trinajstić information content (AvgIpc) is 3.64. The Bertz CT molecular complexity index is 1240. The third-order valence-corrected chi connectivity index (χ3v) is 6.87. The molecule has 1 heterocycles. The molecule has 7 heteroatoms. The summed E-state index contributed by atoms with van der Waals surface area (Å²) in [6, 6.07) is 26.4. The van der Waals surface area contributed by atoms with E-state index in [1.807, 2.05) is 53.1 Å². The molecule has 0 bridgehead atoms. The van der Waals surface area contributed by atoms with Gasteiger partial charge in [-0.2, -0.15) is 0 Å². The summed E-state index contributed by atoms with van der Waals surface area (Å²) in [7, 11) is 0. The zero-order valence-electron chi connectivity index (χ0n) is 18.6. The highest BCUT2D eigenvalue weighted by molar-refractivity contribution is 7.99. The van der Waals surface area contributed by atoms with Crippen molar-refractivity contribution in [1.82, 2.24) is 20.1 Å². The van der Waals surface area contributed by atoms with Crippen LogP contribution in [0.15, 0.2) is 90.1 Å². The Labute approximate surface area is 202 Å². The van der Waals surface area contributed by atoms with Crippen molar-refractivity contribution in [3.63, 3.8) is 0 Å². The number of thioether (sulfide) groups is 1. The second-order valence-electron chi connectivity index (χ2n) is 8.47. The molecular weight excluding hydrogens is 447 g/mol. The van der Waals surface area contributed by atoms with Crippen LogP contribution in [0.4, 0.5) is 4.39 Å². The van der Waals surface area contributed by atoms with Crippen LogP contribution in [0.3, 0.4) is 0 Å². The van der Waals surface area contributed by atoms with Crippen molar-refractivity contribution >= 4 is 17.7 Å². The summed E-state index contributed by atoms with van der Waals surface area (Å²) in [4.78, 5) is 12.9. The Balaban J connectivity index is 1.33. The monoisotopic (exact) mass is 472 g/mol. The highest BCUT2D eigenvalue weighted by Gasteiger charge is 2.33. The van der Waals surface area contributed by atoms with Gasteiger partial charge in [0.1, 0.15) is 5.82 Å². The van der Waals surface area contributed by atoms with Gasteiger partial charge in [-0.05, 0) is 54.2 Å². The maximum atomic E-state index is 13.5. The van der Waals surface area contributed by atoms with Crippen molar-refractivity contribution in [2.75, 3.05) is 5.75 Å². The van der Waals surface area contributed by atoms with Crippen LogP contribution < -0.4 is 5.32 Å². The Hall–Kier alpha value is -3.45. The van der Waals surface area contributed by atoms with Crippen LogP contribution in [0.2, 0.25) is 0 Å². The van der Waals surface area contributed by atoms with Crippen molar-refractivity contribution in [1.29, 1.82) is 0 Å². The van der Waals surface area contributed by atoms with Gasteiger partial charge in [-0.3, -0.25) is 9.36 Å². The van der Waals surface area contributed by atoms with Crippen molar-refractivity contribution in [3.8, 4) is 11.4 Å². The van der Waals surface area contributed by atoms with Crippen LogP contribution in [0.5, 0.6) is 0 Å². The van der Waals surface area contributed by atoms with Gasteiger partial charge in [-0.15, -0.1) is 10.2 Å². The topological polar surface area (TPSA) is 59.8 Å². The van der Waals surface area contributed by atoms with Crippen LogP contribution in [-0.2, 0) is 11.3 Å². The Morgan fingerprint density at radius 1 is 0.971 bits per heavy atom. The van der Waals surface area contributed by atoms with E-state index < -0.39 is 0 Å². The molecule has 0 saturated heterocycles. The standard InChI is InChI=1S/C27H25FN4OS/c28-23-15-13-22(14-16-23)26-30-31-27(32(26)17-19-7-3-1-4-8-19)34-18-24(33)29-25(21-11-12-21)20-9-5-2-6-10-20/h1-10,13-16,21,25H,11-12,17-18H2,(H,29,33). The van der Waals surface area contributed by atoms with Gasteiger partial charge < -0.3 is 5.32 Å². The Kier molecular flexibility index (Phi) is 6.72. The lowest BCUT2D eigenvalue weighted by molar-refractivity contribution is -0.119. The average molecular weight is 473 g/mol. The van der Waals surface area contributed by atoms with E-state index in [-0.39, 0.29) is 23.5 Å². The van der Waals surface area contributed by atoms with Crippen molar-refractivity contribution in [3.05, 3.63) is 102 Å². The lowest BCUT2D eigenvalue weighted by Gasteiger charge is -2.18. The summed E-state index contributed by atoms with van der Waals surface area (Å²) in [5.74, 6) is 1.07. The molecule has 5 nitrogen and oxygen atoms in total. The molecule has 1 fully saturated rings. The second kappa shape index (κ2) is 10.2. The number of hydrogen-bond acceptors (Lipinski definition) is 4. The fraction of sp³-hybridized carbons (Fsp3) is 0.222. The zero-order chi connectivity index (χ0) is 23.3. The van der Waals surface area contributed by atoms with Gasteiger partial charge in [-0.1, -0.05) is 72.4 Å².